The summed E-state index contributed by atoms with van der Waals surface area (Å²) in [6.07, 6.45) is 1.29. The van der Waals surface area contributed by atoms with Crippen LogP contribution in [-0.2, 0) is 22.0 Å². The normalized spacial score (nSPS) is 19.9. The topological polar surface area (TPSA) is 66.4 Å². The number of nitrogens with one attached hydrogen (secondary N) is 1. The number of hydrogen-bond donors (Lipinski definition) is 2. The number of fused-ring (bicyclic) bond motifs is 1. The molecule has 5 heteroatoms. The van der Waals surface area contributed by atoms with Crippen LogP contribution in [-0.4, -0.2) is 20.1 Å². The highest BCUT2D eigenvalue weighted by Crippen LogP contribution is 2.36. The van der Waals surface area contributed by atoms with E-state index < -0.39 is 15.6 Å². The maximum absolute atomic E-state index is 13.0. The lowest BCUT2D eigenvalue weighted by atomic mass is 9.96. The maximum Gasteiger partial charge on any atom is 0.241 e. The molecule has 0 aliphatic heterocycles. The molecule has 25 heavy (non-hydrogen) atoms. The van der Waals surface area contributed by atoms with Gasteiger partial charge in [-0.3, -0.25) is 0 Å². The van der Waals surface area contributed by atoms with Crippen molar-refractivity contribution in [1.82, 2.24) is 4.72 Å². The van der Waals surface area contributed by atoms with E-state index in [1.165, 1.54) is 0 Å². The monoisotopic (exact) mass is 359 g/mol. The summed E-state index contributed by atoms with van der Waals surface area (Å²) in [5.41, 5.74) is 4.18. The van der Waals surface area contributed by atoms with Crippen LogP contribution in [0, 0.1) is 27.7 Å². The Morgan fingerprint density at radius 2 is 1.68 bits per heavy atom. The van der Waals surface area contributed by atoms with Crippen molar-refractivity contribution in [3.63, 3.8) is 0 Å². The molecule has 0 spiro atoms. The van der Waals surface area contributed by atoms with Crippen LogP contribution in [0.1, 0.15) is 39.8 Å². The molecular formula is C20H25NO3S. The second-order valence-electron chi connectivity index (χ2n) is 7.10. The molecule has 2 aromatic rings. The van der Waals surface area contributed by atoms with Gasteiger partial charge in [-0.05, 0) is 73.9 Å². The second-order valence-corrected chi connectivity index (χ2v) is 8.81. The fourth-order valence-electron chi connectivity index (χ4n) is 3.72. The van der Waals surface area contributed by atoms with Crippen LogP contribution in [0.25, 0.3) is 0 Å². The van der Waals surface area contributed by atoms with E-state index in [-0.39, 0.29) is 6.54 Å². The first-order chi connectivity index (χ1) is 11.7. The van der Waals surface area contributed by atoms with Gasteiger partial charge in [-0.15, -0.1) is 0 Å². The minimum absolute atomic E-state index is 0.0157. The van der Waals surface area contributed by atoms with E-state index in [9.17, 15) is 13.5 Å². The molecule has 1 aliphatic carbocycles. The smallest absolute Gasteiger partial charge is 0.241 e. The summed E-state index contributed by atoms with van der Waals surface area (Å²) in [5, 5.41) is 11.0. The number of sulfonamides is 1. The van der Waals surface area contributed by atoms with E-state index in [1.807, 2.05) is 58.0 Å². The fourth-order valence-corrected chi connectivity index (χ4v) is 5.42. The van der Waals surface area contributed by atoms with Gasteiger partial charge in [-0.1, -0.05) is 30.3 Å². The molecule has 0 bridgehead atoms. The average Bonchev–Trinajstić information content (AvgIpc) is 2.90. The summed E-state index contributed by atoms with van der Waals surface area (Å²) in [5.74, 6) is 0. The van der Waals surface area contributed by atoms with Crippen molar-refractivity contribution in [3.05, 3.63) is 63.7 Å². The molecule has 3 rings (SSSR count). The van der Waals surface area contributed by atoms with Gasteiger partial charge in [0.25, 0.3) is 0 Å². The Hall–Kier alpha value is -1.69. The van der Waals surface area contributed by atoms with Gasteiger partial charge in [0.15, 0.2) is 0 Å². The van der Waals surface area contributed by atoms with Crippen molar-refractivity contribution in [3.8, 4) is 0 Å². The first-order valence-corrected chi connectivity index (χ1v) is 10.0. The Morgan fingerprint density at radius 3 is 2.32 bits per heavy atom. The molecule has 1 aliphatic rings. The van der Waals surface area contributed by atoms with Gasteiger partial charge < -0.3 is 5.11 Å². The third kappa shape index (κ3) is 3.12. The van der Waals surface area contributed by atoms with Crippen LogP contribution < -0.4 is 4.72 Å². The fraction of sp³-hybridized carbons (Fsp3) is 0.400. The number of benzene rings is 2. The lowest BCUT2D eigenvalue weighted by Crippen LogP contribution is -2.39. The Morgan fingerprint density at radius 1 is 1.08 bits per heavy atom. The molecule has 1 atom stereocenters. The highest BCUT2D eigenvalue weighted by atomic mass is 32.2. The van der Waals surface area contributed by atoms with Gasteiger partial charge in [0.1, 0.15) is 5.60 Å². The van der Waals surface area contributed by atoms with Gasteiger partial charge >= 0.3 is 0 Å². The van der Waals surface area contributed by atoms with Gasteiger partial charge in [0.05, 0.1) is 4.90 Å². The third-order valence-electron chi connectivity index (χ3n) is 5.45. The molecule has 1 unspecified atom stereocenters. The molecule has 0 saturated heterocycles. The zero-order valence-corrected chi connectivity index (χ0v) is 16.0. The molecule has 0 radical (unpaired) electrons. The Balaban J connectivity index is 1.92. The summed E-state index contributed by atoms with van der Waals surface area (Å²) in [4.78, 5) is 0.333. The predicted octanol–water partition coefficient (Wildman–Crippen LogP) is 3.03. The molecular weight excluding hydrogens is 334 g/mol. The summed E-state index contributed by atoms with van der Waals surface area (Å²) < 4.78 is 28.6. The second kappa shape index (κ2) is 6.24. The summed E-state index contributed by atoms with van der Waals surface area (Å²) in [7, 11) is -3.70. The molecule has 0 fully saturated rings. The van der Waals surface area contributed by atoms with Crippen LogP contribution in [0.3, 0.4) is 0 Å². The first kappa shape index (κ1) is 18.1. The molecule has 0 heterocycles. The molecule has 0 aromatic heterocycles. The molecule has 134 valence electrons. The van der Waals surface area contributed by atoms with E-state index in [2.05, 4.69) is 4.72 Å². The van der Waals surface area contributed by atoms with Crippen LogP contribution in [0.4, 0.5) is 0 Å². The molecule has 4 nitrogen and oxygen atoms in total. The first-order valence-electron chi connectivity index (χ1n) is 8.53. The van der Waals surface area contributed by atoms with Crippen molar-refractivity contribution < 1.29 is 13.5 Å². The van der Waals surface area contributed by atoms with Crippen LogP contribution in [0.2, 0.25) is 0 Å². The Bertz CT molecular complexity index is 908. The SMILES string of the molecule is Cc1cc(C)c(C)c(S(=O)(=O)NCC2(O)CCc3ccccc32)c1C. The van der Waals surface area contributed by atoms with E-state index in [4.69, 9.17) is 0 Å². The van der Waals surface area contributed by atoms with Crippen molar-refractivity contribution >= 4 is 10.0 Å². The van der Waals surface area contributed by atoms with E-state index in [1.54, 1.807) is 0 Å². The van der Waals surface area contributed by atoms with Crippen molar-refractivity contribution in [1.29, 1.82) is 0 Å². The third-order valence-corrected chi connectivity index (χ3v) is 7.12. The van der Waals surface area contributed by atoms with E-state index in [0.717, 1.165) is 39.8 Å². The van der Waals surface area contributed by atoms with Crippen molar-refractivity contribution in [2.24, 2.45) is 0 Å². The highest BCUT2D eigenvalue weighted by Gasteiger charge is 2.37. The largest absolute Gasteiger partial charge is 0.384 e. The highest BCUT2D eigenvalue weighted by molar-refractivity contribution is 7.89. The standard InChI is InChI=1S/C20H25NO3S/c1-13-11-14(2)16(4)19(15(13)3)25(23,24)21-12-20(22)10-9-17-7-5-6-8-18(17)20/h5-8,11,21-22H,9-10,12H2,1-4H3. The van der Waals surface area contributed by atoms with Crippen molar-refractivity contribution in [2.75, 3.05) is 6.54 Å². The number of hydrogen-bond acceptors (Lipinski definition) is 3. The maximum atomic E-state index is 13.0. The lowest BCUT2D eigenvalue weighted by molar-refractivity contribution is 0.0442. The van der Waals surface area contributed by atoms with Crippen LogP contribution >= 0.6 is 0 Å². The number of rotatable bonds is 4. The molecule has 2 aromatic carbocycles. The summed E-state index contributed by atoms with van der Waals surface area (Å²) in [6, 6.07) is 9.69. The predicted molar refractivity (Wildman–Crippen MR) is 99.2 cm³/mol. The van der Waals surface area contributed by atoms with Crippen LogP contribution in [0.5, 0.6) is 0 Å². The minimum Gasteiger partial charge on any atom is -0.384 e. The summed E-state index contributed by atoms with van der Waals surface area (Å²) >= 11 is 0. The summed E-state index contributed by atoms with van der Waals surface area (Å²) in [6.45, 7) is 7.48. The Labute approximate surface area is 150 Å². The molecule has 0 saturated carbocycles. The number of aliphatic hydroxyl groups is 1. The van der Waals surface area contributed by atoms with E-state index in [0.29, 0.717) is 11.3 Å². The zero-order chi connectivity index (χ0) is 18.4. The van der Waals surface area contributed by atoms with E-state index >= 15 is 0 Å². The van der Waals surface area contributed by atoms with Gasteiger partial charge in [0.2, 0.25) is 10.0 Å². The number of aryl methyl sites for hydroxylation is 3. The van der Waals surface area contributed by atoms with Gasteiger partial charge in [-0.25, -0.2) is 13.1 Å². The quantitative estimate of drug-likeness (QED) is 0.882. The zero-order valence-electron chi connectivity index (χ0n) is 15.2. The average molecular weight is 359 g/mol. The lowest BCUT2D eigenvalue weighted by Gasteiger charge is -2.25. The molecule has 0 amide bonds. The minimum atomic E-state index is -3.70. The Kier molecular flexibility index (Phi) is 4.52. The van der Waals surface area contributed by atoms with Crippen LogP contribution in [0.15, 0.2) is 35.2 Å². The van der Waals surface area contributed by atoms with Gasteiger partial charge in [-0.2, -0.15) is 0 Å². The molecule has 2 N–H and O–H groups in total. The van der Waals surface area contributed by atoms with Gasteiger partial charge in [0, 0.05) is 6.54 Å². The van der Waals surface area contributed by atoms with Crippen molar-refractivity contribution in [2.45, 2.75) is 51.0 Å².